The number of fused-ring (bicyclic) bond motifs is 1. The van der Waals surface area contributed by atoms with Gasteiger partial charge in [0, 0.05) is 29.4 Å². The summed E-state index contributed by atoms with van der Waals surface area (Å²) in [5, 5.41) is 10.7. The molecule has 0 saturated heterocycles. The normalized spacial score (nSPS) is 15.9. The molecule has 1 aromatic heterocycles. The third-order valence-electron chi connectivity index (χ3n) is 4.45. The Labute approximate surface area is 161 Å². The summed E-state index contributed by atoms with van der Waals surface area (Å²) in [6.45, 7) is 3.63. The highest BCUT2D eigenvalue weighted by Crippen LogP contribution is 2.35. The molecule has 3 rings (SSSR count). The van der Waals surface area contributed by atoms with Gasteiger partial charge < -0.3 is 4.74 Å². The van der Waals surface area contributed by atoms with Crippen molar-refractivity contribution in [3.8, 4) is 0 Å². The van der Waals surface area contributed by atoms with Crippen LogP contribution in [0, 0.1) is 17.0 Å². The van der Waals surface area contributed by atoms with Gasteiger partial charge in [-0.1, -0.05) is 0 Å². The lowest BCUT2D eigenvalue weighted by Gasteiger charge is -2.17. The number of benzene rings is 1. The monoisotopic (exact) mass is 405 g/mol. The number of esters is 1. The molecule has 148 valence electrons. The molecule has 0 aliphatic heterocycles. The van der Waals surface area contributed by atoms with Crippen molar-refractivity contribution >= 4 is 21.7 Å². The predicted molar refractivity (Wildman–Crippen MR) is 99.4 cm³/mol. The Morgan fingerprint density at radius 1 is 1.36 bits per heavy atom. The molecule has 0 spiro atoms. The molecule has 2 aromatic rings. The zero-order chi connectivity index (χ0) is 20.5. The van der Waals surface area contributed by atoms with E-state index >= 15 is 0 Å². The second kappa shape index (κ2) is 7.64. The fraction of sp³-hybridized carbons (Fsp3) is 0.333. The van der Waals surface area contributed by atoms with Gasteiger partial charge in [-0.2, -0.15) is 0 Å². The van der Waals surface area contributed by atoms with Crippen molar-refractivity contribution in [2.45, 2.75) is 37.6 Å². The Bertz CT molecular complexity index is 1030. The minimum atomic E-state index is -3.95. The highest BCUT2D eigenvalue weighted by atomic mass is 32.2. The number of hydrogen-bond donors (Lipinski definition) is 1. The molecule has 1 atom stereocenters. The first-order chi connectivity index (χ1) is 13.2. The lowest BCUT2D eigenvalue weighted by atomic mass is 10.1. The average Bonchev–Trinajstić information content (AvgIpc) is 3.03. The van der Waals surface area contributed by atoms with Gasteiger partial charge in [0.1, 0.15) is 0 Å². The number of carbonyl (C=O) groups is 1. The average molecular weight is 405 g/mol. The van der Waals surface area contributed by atoms with Gasteiger partial charge in [-0.3, -0.25) is 10.1 Å². The molecule has 1 heterocycles. The Balaban J connectivity index is 1.93. The van der Waals surface area contributed by atoms with Gasteiger partial charge >= 0.3 is 5.97 Å². The number of nitro groups is 1. The van der Waals surface area contributed by atoms with Gasteiger partial charge in [-0.05, 0) is 50.5 Å². The molecule has 1 aliphatic carbocycles. The number of carbonyl (C=O) groups excluding carboxylic acids is 1. The van der Waals surface area contributed by atoms with Gasteiger partial charge in [0.05, 0.1) is 16.4 Å². The largest absolute Gasteiger partial charge is 0.461 e. The van der Waals surface area contributed by atoms with E-state index < -0.39 is 27.0 Å². The summed E-state index contributed by atoms with van der Waals surface area (Å²) in [6, 6.07) is 5.81. The maximum absolute atomic E-state index is 12.7. The molecule has 28 heavy (non-hydrogen) atoms. The first-order valence-corrected chi connectivity index (χ1v) is 10.2. The molecule has 0 bridgehead atoms. The SMILES string of the molecule is CCOC(=O)c1nc(C)cc2c1C(NS(=O)(=O)c1ccc([N+](=O)[O-])cc1)CC2. The van der Waals surface area contributed by atoms with Crippen LogP contribution in [0.3, 0.4) is 0 Å². The van der Waals surface area contributed by atoms with Crippen molar-refractivity contribution in [3.63, 3.8) is 0 Å². The summed E-state index contributed by atoms with van der Waals surface area (Å²) in [5.41, 5.74) is 1.95. The topological polar surface area (TPSA) is 128 Å². The van der Waals surface area contributed by atoms with Crippen molar-refractivity contribution < 1.29 is 22.9 Å². The minimum Gasteiger partial charge on any atom is -0.461 e. The number of sulfonamides is 1. The van der Waals surface area contributed by atoms with Crippen molar-refractivity contribution in [1.82, 2.24) is 9.71 Å². The second-order valence-corrected chi connectivity index (χ2v) is 8.08. The summed E-state index contributed by atoms with van der Waals surface area (Å²) >= 11 is 0. The quantitative estimate of drug-likeness (QED) is 0.444. The Hall–Kier alpha value is -2.85. The maximum Gasteiger partial charge on any atom is 0.357 e. The molecule has 1 aromatic carbocycles. The number of nitrogens with one attached hydrogen (secondary N) is 1. The Morgan fingerprint density at radius 2 is 2.04 bits per heavy atom. The van der Waals surface area contributed by atoms with Crippen molar-refractivity contribution in [1.29, 1.82) is 0 Å². The fourth-order valence-corrected chi connectivity index (χ4v) is 4.51. The first kappa shape index (κ1) is 19.9. The highest BCUT2D eigenvalue weighted by molar-refractivity contribution is 7.89. The molecule has 1 aliphatic rings. The number of hydrogen-bond acceptors (Lipinski definition) is 7. The lowest BCUT2D eigenvalue weighted by molar-refractivity contribution is -0.384. The number of nitro benzene ring substituents is 1. The minimum absolute atomic E-state index is 0.0932. The Kier molecular flexibility index (Phi) is 5.43. The predicted octanol–water partition coefficient (Wildman–Crippen LogP) is 2.44. The van der Waals surface area contributed by atoms with E-state index in [1.807, 2.05) is 6.07 Å². The van der Waals surface area contributed by atoms with E-state index in [1.165, 1.54) is 12.1 Å². The van der Waals surface area contributed by atoms with Gasteiger partial charge in [-0.25, -0.2) is 22.9 Å². The van der Waals surface area contributed by atoms with E-state index in [2.05, 4.69) is 9.71 Å². The van der Waals surface area contributed by atoms with E-state index in [-0.39, 0.29) is 22.9 Å². The molecule has 0 fully saturated rings. The number of nitrogens with zero attached hydrogens (tertiary/aromatic N) is 2. The molecule has 1 unspecified atom stereocenters. The molecule has 1 N–H and O–H groups in total. The smallest absolute Gasteiger partial charge is 0.357 e. The molecular formula is C18H19N3O6S. The number of rotatable bonds is 6. The van der Waals surface area contributed by atoms with Crippen LogP contribution in [0.4, 0.5) is 5.69 Å². The second-order valence-electron chi connectivity index (χ2n) is 6.37. The lowest BCUT2D eigenvalue weighted by Crippen LogP contribution is -2.29. The van der Waals surface area contributed by atoms with Crippen molar-refractivity contribution in [2.75, 3.05) is 6.61 Å². The van der Waals surface area contributed by atoms with Crippen LogP contribution in [0.2, 0.25) is 0 Å². The van der Waals surface area contributed by atoms with Gasteiger partial charge in [0.2, 0.25) is 10.0 Å². The van der Waals surface area contributed by atoms with Crippen LogP contribution in [0.1, 0.15) is 46.7 Å². The highest BCUT2D eigenvalue weighted by Gasteiger charge is 2.33. The standard InChI is InChI=1S/C18H19N3O6S/c1-3-27-18(22)17-16-12(10-11(2)19-17)4-9-15(16)20-28(25,26)14-7-5-13(6-8-14)21(23)24/h5-8,10,15,20H,3-4,9H2,1-2H3. The summed E-state index contributed by atoms with van der Waals surface area (Å²) < 4.78 is 33.1. The summed E-state index contributed by atoms with van der Waals surface area (Å²) in [6.07, 6.45) is 1.07. The molecule has 0 amide bonds. The van der Waals surface area contributed by atoms with E-state index in [1.54, 1.807) is 13.8 Å². The van der Waals surface area contributed by atoms with E-state index in [4.69, 9.17) is 4.74 Å². The summed E-state index contributed by atoms with van der Waals surface area (Å²) in [7, 11) is -3.95. The van der Waals surface area contributed by atoms with Crippen molar-refractivity contribution in [3.05, 3.63) is 63.0 Å². The maximum atomic E-state index is 12.7. The third kappa shape index (κ3) is 3.87. The third-order valence-corrected chi connectivity index (χ3v) is 5.93. The van der Waals surface area contributed by atoms with Crippen LogP contribution >= 0.6 is 0 Å². The van der Waals surface area contributed by atoms with Crippen LogP contribution in [0.25, 0.3) is 0 Å². The molecule has 10 heteroatoms. The van der Waals surface area contributed by atoms with Gasteiger partial charge in [0.25, 0.3) is 5.69 Å². The molecule has 0 radical (unpaired) electrons. The van der Waals surface area contributed by atoms with Crippen molar-refractivity contribution in [2.24, 2.45) is 0 Å². The van der Waals surface area contributed by atoms with Gasteiger partial charge in [-0.15, -0.1) is 0 Å². The first-order valence-electron chi connectivity index (χ1n) is 8.67. The Morgan fingerprint density at radius 3 is 2.64 bits per heavy atom. The van der Waals surface area contributed by atoms with Crippen LogP contribution in [0.15, 0.2) is 35.2 Å². The molecule has 0 saturated carbocycles. The number of aromatic nitrogens is 1. The van der Waals surface area contributed by atoms with Crippen LogP contribution < -0.4 is 4.72 Å². The summed E-state index contributed by atoms with van der Waals surface area (Å²) in [4.78, 5) is 26.6. The van der Waals surface area contributed by atoms with E-state index in [0.717, 1.165) is 17.7 Å². The summed E-state index contributed by atoms with van der Waals surface area (Å²) in [5.74, 6) is -0.594. The van der Waals surface area contributed by atoms with Crippen LogP contribution in [0.5, 0.6) is 0 Å². The van der Waals surface area contributed by atoms with Crippen LogP contribution in [-0.2, 0) is 21.2 Å². The number of ether oxygens (including phenoxy) is 1. The zero-order valence-corrected chi connectivity index (χ0v) is 16.2. The van der Waals surface area contributed by atoms with E-state index in [9.17, 15) is 23.3 Å². The number of non-ortho nitro benzene ring substituents is 1. The van der Waals surface area contributed by atoms with Crippen LogP contribution in [-0.4, -0.2) is 30.9 Å². The van der Waals surface area contributed by atoms with Gasteiger partial charge in [0.15, 0.2) is 5.69 Å². The fourth-order valence-electron chi connectivity index (χ4n) is 3.27. The molecule has 9 nitrogen and oxygen atoms in total. The molecular weight excluding hydrogens is 386 g/mol. The number of pyridine rings is 1. The number of aryl methyl sites for hydroxylation is 2. The zero-order valence-electron chi connectivity index (χ0n) is 15.3. The van der Waals surface area contributed by atoms with E-state index in [0.29, 0.717) is 24.1 Å².